The van der Waals surface area contributed by atoms with Crippen LogP contribution in [0.3, 0.4) is 0 Å². The van der Waals surface area contributed by atoms with Gasteiger partial charge in [-0.15, -0.1) is 0 Å². The van der Waals surface area contributed by atoms with E-state index in [0.717, 1.165) is 5.56 Å². The van der Waals surface area contributed by atoms with E-state index in [9.17, 15) is 26.2 Å². The molecular weight excluding hydrogens is 311 g/mol. The van der Waals surface area contributed by atoms with Crippen molar-refractivity contribution >= 4 is 10.8 Å². The standard InChI is InChI=1S/C14H9F5OS/c1-7-2-4-8(5-3-7)21(20)6-9-10(15)12(17)14(19)13(18)11(9)16/h2-5H,6H2,1H3. The molecule has 2 rings (SSSR count). The van der Waals surface area contributed by atoms with Crippen LogP contribution in [0.5, 0.6) is 0 Å². The van der Waals surface area contributed by atoms with Crippen LogP contribution >= 0.6 is 0 Å². The lowest BCUT2D eigenvalue weighted by Gasteiger charge is -2.08. The zero-order chi connectivity index (χ0) is 15.7. The number of halogens is 5. The molecule has 0 spiro atoms. The van der Waals surface area contributed by atoms with Crippen molar-refractivity contribution in [1.82, 2.24) is 0 Å². The Bertz CT molecular complexity index is 683. The van der Waals surface area contributed by atoms with Crippen molar-refractivity contribution in [3.05, 3.63) is 64.5 Å². The summed E-state index contributed by atoms with van der Waals surface area (Å²) in [6.45, 7) is 1.79. The van der Waals surface area contributed by atoms with Crippen molar-refractivity contribution < 1.29 is 26.2 Å². The van der Waals surface area contributed by atoms with Gasteiger partial charge >= 0.3 is 0 Å². The van der Waals surface area contributed by atoms with Crippen molar-refractivity contribution in [2.24, 2.45) is 0 Å². The minimum absolute atomic E-state index is 0.240. The fourth-order valence-corrected chi connectivity index (χ4v) is 2.80. The monoisotopic (exact) mass is 320 g/mol. The molecule has 2 aromatic rings. The third-order valence-electron chi connectivity index (χ3n) is 2.86. The highest BCUT2D eigenvalue weighted by Crippen LogP contribution is 2.25. The van der Waals surface area contributed by atoms with E-state index in [0.29, 0.717) is 0 Å². The Balaban J connectivity index is 2.40. The van der Waals surface area contributed by atoms with E-state index >= 15 is 0 Å². The first kappa shape index (κ1) is 15.6. The van der Waals surface area contributed by atoms with Crippen LogP contribution in [-0.4, -0.2) is 4.21 Å². The smallest absolute Gasteiger partial charge is 0.200 e. The summed E-state index contributed by atoms with van der Waals surface area (Å²) in [4.78, 5) is 0.240. The van der Waals surface area contributed by atoms with E-state index in [2.05, 4.69) is 0 Å². The molecular formula is C14H9F5OS. The summed E-state index contributed by atoms with van der Waals surface area (Å²) in [7, 11) is -1.92. The highest BCUT2D eigenvalue weighted by Gasteiger charge is 2.26. The second kappa shape index (κ2) is 5.93. The SMILES string of the molecule is Cc1ccc(S(=O)Cc2c(F)c(F)c(F)c(F)c2F)cc1. The van der Waals surface area contributed by atoms with Gasteiger partial charge in [0.15, 0.2) is 23.3 Å². The number of hydrogen-bond donors (Lipinski definition) is 0. The van der Waals surface area contributed by atoms with Crippen LogP contribution in [0.4, 0.5) is 22.0 Å². The highest BCUT2D eigenvalue weighted by atomic mass is 32.2. The van der Waals surface area contributed by atoms with E-state index in [1.165, 1.54) is 12.1 Å². The predicted octanol–water partition coefficient (Wildman–Crippen LogP) is 4.00. The van der Waals surface area contributed by atoms with Crippen molar-refractivity contribution in [2.75, 3.05) is 0 Å². The molecule has 0 saturated carbocycles. The molecule has 21 heavy (non-hydrogen) atoms. The van der Waals surface area contributed by atoms with Gasteiger partial charge < -0.3 is 0 Å². The third kappa shape index (κ3) is 2.97. The fraction of sp³-hybridized carbons (Fsp3) is 0.143. The van der Waals surface area contributed by atoms with Crippen LogP contribution in [0.1, 0.15) is 11.1 Å². The third-order valence-corrected chi connectivity index (χ3v) is 4.21. The van der Waals surface area contributed by atoms with Crippen LogP contribution in [0, 0.1) is 36.0 Å². The molecule has 7 heteroatoms. The molecule has 0 fully saturated rings. The van der Waals surface area contributed by atoms with Gasteiger partial charge in [0.2, 0.25) is 5.82 Å². The van der Waals surface area contributed by atoms with E-state index < -0.39 is 51.2 Å². The average Bonchev–Trinajstić information content (AvgIpc) is 2.48. The first-order valence-corrected chi connectivity index (χ1v) is 7.10. The van der Waals surface area contributed by atoms with Crippen LogP contribution < -0.4 is 0 Å². The zero-order valence-corrected chi connectivity index (χ0v) is 11.5. The molecule has 1 atom stereocenters. The second-order valence-corrected chi connectivity index (χ2v) is 5.80. The number of rotatable bonds is 3. The summed E-state index contributed by atoms with van der Waals surface area (Å²) in [6, 6.07) is 6.20. The molecule has 112 valence electrons. The van der Waals surface area contributed by atoms with E-state index in [-0.39, 0.29) is 4.90 Å². The predicted molar refractivity (Wildman–Crippen MR) is 67.5 cm³/mol. The van der Waals surface area contributed by atoms with Gasteiger partial charge in [-0.2, -0.15) is 0 Å². The molecule has 2 aromatic carbocycles. The Hall–Kier alpha value is -1.76. The maximum atomic E-state index is 13.5. The summed E-state index contributed by atoms with van der Waals surface area (Å²) >= 11 is 0. The Labute approximate surface area is 119 Å². The number of benzene rings is 2. The van der Waals surface area contributed by atoms with E-state index in [4.69, 9.17) is 0 Å². The van der Waals surface area contributed by atoms with Gasteiger partial charge in [-0.05, 0) is 19.1 Å². The lowest BCUT2D eigenvalue weighted by molar-refractivity contribution is 0.372. The average molecular weight is 320 g/mol. The largest absolute Gasteiger partial charge is 0.254 e. The molecule has 0 N–H and O–H groups in total. The first-order valence-electron chi connectivity index (χ1n) is 5.78. The zero-order valence-electron chi connectivity index (χ0n) is 10.7. The van der Waals surface area contributed by atoms with Crippen molar-refractivity contribution in [2.45, 2.75) is 17.6 Å². The summed E-state index contributed by atoms with van der Waals surface area (Å²) in [5.41, 5.74) is -0.197. The van der Waals surface area contributed by atoms with Gasteiger partial charge in [0, 0.05) is 10.5 Å². The van der Waals surface area contributed by atoms with Crippen LogP contribution in [0.25, 0.3) is 0 Å². The first-order chi connectivity index (χ1) is 9.82. The minimum atomic E-state index is -2.23. The molecule has 0 radical (unpaired) electrons. The highest BCUT2D eigenvalue weighted by molar-refractivity contribution is 7.84. The molecule has 1 unspecified atom stereocenters. The number of hydrogen-bond acceptors (Lipinski definition) is 1. The number of aryl methyl sites for hydroxylation is 1. The maximum Gasteiger partial charge on any atom is 0.200 e. The van der Waals surface area contributed by atoms with Crippen LogP contribution in [-0.2, 0) is 16.6 Å². The topological polar surface area (TPSA) is 17.1 Å². The van der Waals surface area contributed by atoms with Gasteiger partial charge in [-0.3, -0.25) is 4.21 Å². The summed E-state index contributed by atoms with van der Waals surface area (Å²) in [5, 5.41) is 0. The van der Waals surface area contributed by atoms with Gasteiger partial charge in [0.05, 0.1) is 16.6 Å². The lowest BCUT2D eigenvalue weighted by Crippen LogP contribution is -2.09. The second-order valence-electron chi connectivity index (χ2n) is 4.35. The summed E-state index contributed by atoms with van der Waals surface area (Å²) in [6.07, 6.45) is 0. The van der Waals surface area contributed by atoms with Crippen molar-refractivity contribution in [3.8, 4) is 0 Å². The van der Waals surface area contributed by atoms with Gasteiger partial charge in [-0.25, -0.2) is 22.0 Å². The Kier molecular flexibility index (Phi) is 4.41. The Morgan fingerprint density at radius 3 is 1.71 bits per heavy atom. The van der Waals surface area contributed by atoms with E-state index in [1.807, 2.05) is 0 Å². The molecule has 0 amide bonds. The van der Waals surface area contributed by atoms with Crippen molar-refractivity contribution in [1.29, 1.82) is 0 Å². The molecule has 0 aliphatic carbocycles. The molecule has 0 bridgehead atoms. The van der Waals surface area contributed by atoms with Crippen LogP contribution in [0.15, 0.2) is 29.2 Å². The fourth-order valence-electron chi connectivity index (χ4n) is 1.68. The molecule has 0 heterocycles. The summed E-state index contributed by atoms with van der Waals surface area (Å²) < 4.78 is 77.9. The Morgan fingerprint density at radius 1 is 0.810 bits per heavy atom. The molecule has 0 saturated heterocycles. The van der Waals surface area contributed by atoms with Gasteiger partial charge in [-0.1, -0.05) is 17.7 Å². The lowest BCUT2D eigenvalue weighted by atomic mass is 10.2. The normalized spacial score (nSPS) is 12.5. The van der Waals surface area contributed by atoms with E-state index in [1.54, 1.807) is 19.1 Å². The van der Waals surface area contributed by atoms with Gasteiger partial charge in [0.25, 0.3) is 0 Å². The minimum Gasteiger partial charge on any atom is -0.254 e. The molecule has 1 nitrogen and oxygen atoms in total. The Morgan fingerprint density at radius 2 is 1.24 bits per heavy atom. The van der Waals surface area contributed by atoms with Crippen molar-refractivity contribution in [3.63, 3.8) is 0 Å². The summed E-state index contributed by atoms with van der Waals surface area (Å²) in [5.74, 6) is -11.0. The molecule has 0 aromatic heterocycles. The van der Waals surface area contributed by atoms with Gasteiger partial charge in [0.1, 0.15) is 0 Å². The molecule has 0 aliphatic rings. The van der Waals surface area contributed by atoms with Crippen LogP contribution in [0.2, 0.25) is 0 Å². The maximum absolute atomic E-state index is 13.5. The molecule has 0 aliphatic heterocycles. The quantitative estimate of drug-likeness (QED) is 0.475.